The molecule has 0 aliphatic carbocycles. The van der Waals surface area contributed by atoms with Crippen LogP contribution in [-0.2, 0) is 0 Å². The topological polar surface area (TPSA) is 72.0 Å². The van der Waals surface area contributed by atoms with E-state index in [1.54, 1.807) is 11.3 Å². The number of para-hydroxylation sites is 2. The van der Waals surface area contributed by atoms with Crippen molar-refractivity contribution >= 4 is 80.9 Å². The number of hydrogen-bond donors (Lipinski definition) is 0. The summed E-state index contributed by atoms with van der Waals surface area (Å²) in [4.78, 5) is 14.3. The monoisotopic (exact) mass is 719 g/mol. The van der Waals surface area contributed by atoms with Crippen LogP contribution in [0.5, 0.6) is 0 Å². The zero-order valence-corrected chi connectivity index (χ0v) is 29.8. The highest BCUT2D eigenvalue weighted by molar-refractivity contribution is 7.25. The molecule has 11 rings (SSSR count). The Bertz CT molecular complexity index is 3470. The van der Waals surface area contributed by atoms with E-state index in [1.165, 1.54) is 15.5 Å². The van der Waals surface area contributed by atoms with Gasteiger partial charge in [-0.05, 0) is 54.1 Å². The van der Waals surface area contributed by atoms with Gasteiger partial charge in [0, 0.05) is 47.5 Å². The molecule has 0 N–H and O–H groups in total. The Morgan fingerprint density at radius 2 is 1.29 bits per heavy atom. The molecule has 55 heavy (non-hydrogen) atoms. The van der Waals surface area contributed by atoms with E-state index in [0.29, 0.717) is 34.0 Å². The van der Waals surface area contributed by atoms with Crippen molar-refractivity contribution in [1.29, 1.82) is 5.26 Å². The summed E-state index contributed by atoms with van der Waals surface area (Å²) in [6, 6.07) is 53.2. The number of nitriles is 1. The quantitative estimate of drug-likeness (QED) is 0.170. The minimum Gasteiger partial charge on any atom is -0.456 e. The summed E-state index contributed by atoms with van der Waals surface area (Å²) in [5.41, 5.74) is 8.43. The predicted molar refractivity (Wildman–Crippen MR) is 224 cm³/mol. The van der Waals surface area contributed by atoms with E-state index in [9.17, 15) is 5.26 Å². The molecule has 0 saturated heterocycles. The van der Waals surface area contributed by atoms with Crippen LogP contribution in [-0.4, -0.2) is 14.5 Å². The van der Waals surface area contributed by atoms with Crippen LogP contribution in [0.2, 0.25) is 0 Å². The molecule has 0 unspecified atom stereocenters. The molecule has 0 radical (unpaired) electrons. The van der Waals surface area contributed by atoms with Crippen LogP contribution in [0.25, 0.3) is 108 Å². The summed E-state index contributed by atoms with van der Waals surface area (Å²) in [6.45, 7) is 8.50. The van der Waals surface area contributed by atoms with Crippen molar-refractivity contribution in [2.24, 2.45) is 0 Å². The number of aromatic nitrogens is 3. The molecule has 0 saturated carbocycles. The smallest absolute Gasteiger partial charge is 0.211 e. The Balaban J connectivity index is 1.16. The molecule has 0 aliphatic rings. The first-order valence-corrected chi connectivity index (χ1v) is 18.6. The van der Waals surface area contributed by atoms with Crippen LogP contribution >= 0.6 is 11.3 Å². The number of thiophene rings is 1. The average Bonchev–Trinajstić information content (AvgIpc) is 3.92. The molecule has 11 aromatic rings. The third-order valence-corrected chi connectivity index (χ3v) is 11.6. The summed E-state index contributed by atoms with van der Waals surface area (Å²) < 4.78 is 10.9. The number of rotatable bonds is 4. The minimum atomic E-state index is 0.352. The normalized spacial score (nSPS) is 11.6. The zero-order valence-electron chi connectivity index (χ0n) is 29.0. The fraction of sp³-hybridized carbons (Fsp3) is 0. The van der Waals surface area contributed by atoms with Gasteiger partial charge in [-0.15, -0.1) is 11.3 Å². The second-order valence-electron chi connectivity index (χ2n) is 13.5. The SMILES string of the molecule is [C-]#[N+]c1cc(-c2nc(-c3ccc4c(c3)sc3ccccc34)nc(-c3ccccc3)c2C#N)ccc1-n1c2ccccc2c2ccc3oc4ccccc4c3c21. The molecule has 0 spiro atoms. The largest absolute Gasteiger partial charge is 0.456 e. The van der Waals surface area contributed by atoms with E-state index < -0.39 is 0 Å². The molecule has 6 nitrogen and oxygen atoms in total. The highest BCUT2D eigenvalue weighted by atomic mass is 32.1. The van der Waals surface area contributed by atoms with E-state index >= 15 is 0 Å². The highest BCUT2D eigenvalue weighted by Crippen LogP contribution is 2.44. The maximum absolute atomic E-state index is 10.7. The van der Waals surface area contributed by atoms with Crippen molar-refractivity contribution in [3.63, 3.8) is 0 Å². The standard InChI is InChI=1S/C48H25N5OS/c1-50-37-25-29(20-23-39(37)53-38-16-8-5-13-31(38)34-22-24-41-44(47(34)53)35-15-6-9-17-40(35)54-41)46-36(27-49)45(28-11-3-2-4-12-28)51-48(52-46)30-19-21-33-32-14-7-10-18-42(32)55-43(33)26-30/h2-26H. The third-order valence-electron chi connectivity index (χ3n) is 10.5. The summed E-state index contributed by atoms with van der Waals surface area (Å²) >= 11 is 1.74. The van der Waals surface area contributed by atoms with Gasteiger partial charge in [-0.3, -0.25) is 0 Å². The number of hydrogen-bond acceptors (Lipinski definition) is 5. The van der Waals surface area contributed by atoms with Crippen molar-refractivity contribution in [1.82, 2.24) is 14.5 Å². The average molecular weight is 720 g/mol. The molecular formula is C48H25N5OS. The first kappa shape index (κ1) is 31.0. The second-order valence-corrected chi connectivity index (χ2v) is 14.6. The van der Waals surface area contributed by atoms with Crippen LogP contribution in [0.3, 0.4) is 0 Å². The van der Waals surface area contributed by atoms with Crippen molar-refractivity contribution < 1.29 is 4.42 Å². The summed E-state index contributed by atoms with van der Waals surface area (Å²) in [5, 5.41) is 17.3. The van der Waals surface area contributed by atoms with Gasteiger partial charge in [0.25, 0.3) is 0 Å². The number of furan rings is 1. The van der Waals surface area contributed by atoms with Crippen LogP contribution in [0, 0.1) is 17.9 Å². The molecule has 0 amide bonds. The van der Waals surface area contributed by atoms with Crippen LogP contribution in [0.15, 0.2) is 156 Å². The number of benzene rings is 7. The van der Waals surface area contributed by atoms with Crippen LogP contribution < -0.4 is 0 Å². The van der Waals surface area contributed by atoms with E-state index in [4.69, 9.17) is 21.0 Å². The van der Waals surface area contributed by atoms with Crippen molar-refractivity contribution in [2.45, 2.75) is 0 Å². The molecule has 0 aliphatic heterocycles. The Kier molecular flexibility index (Phi) is 6.75. The van der Waals surface area contributed by atoms with Gasteiger partial charge < -0.3 is 8.98 Å². The van der Waals surface area contributed by atoms with E-state index in [1.807, 2.05) is 84.9 Å². The van der Waals surface area contributed by atoms with Gasteiger partial charge in [-0.2, -0.15) is 5.26 Å². The fourth-order valence-corrected chi connectivity index (χ4v) is 9.18. The summed E-state index contributed by atoms with van der Waals surface area (Å²) in [6.07, 6.45) is 0. The van der Waals surface area contributed by atoms with Gasteiger partial charge in [0.1, 0.15) is 22.8 Å². The van der Waals surface area contributed by atoms with E-state index in [0.717, 1.165) is 65.3 Å². The first-order valence-electron chi connectivity index (χ1n) is 17.8. The zero-order chi connectivity index (χ0) is 36.6. The second kappa shape index (κ2) is 12.0. The summed E-state index contributed by atoms with van der Waals surface area (Å²) in [5.74, 6) is 0.511. The van der Waals surface area contributed by atoms with Gasteiger partial charge in [-0.1, -0.05) is 103 Å². The van der Waals surface area contributed by atoms with Crippen molar-refractivity contribution in [3.05, 3.63) is 169 Å². The molecule has 7 heteroatoms. The molecule has 0 atom stereocenters. The van der Waals surface area contributed by atoms with Crippen LogP contribution in [0.1, 0.15) is 5.56 Å². The molecule has 7 aromatic carbocycles. The van der Waals surface area contributed by atoms with Gasteiger partial charge in [0.05, 0.1) is 40.1 Å². The minimum absolute atomic E-state index is 0.352. The Morgan fingerprint density at radius 3 is 2.13 bits per heavy atom. The van der Waals surface area contributed by atoms with Gasteiger partial charge in [-0.25, -0.2) is 14.8 Å². The predicted octanol–water partition coefficient (Wildman–Crippen LogP) is 13.3. The molecule has 4 heterocycles. The lowest BCUT2D eigenvalue weighted by molar-refractivity contribution is 0.669. The van der Waals surface area contributed by atoms with E-state index in [2.05, 4.69) is 82.2 Å². The molecule has 4 aromatic heterocycles. The van der Waals surface area contributed by atoms with Gasteiger partial charge >= 0.3 is 0 Å². The third kappa shape index (κ3) is 4.65. The lowest BCUT2D eigenvalue weighted by atomic mass is 9.99. The Morgan fingerprint density at radius 1 is 0.600 bits per heavy atom. The summed E-state index contributed by atoms with van der Waals surface area (Å²) in [7, 11) is 0. The maximum Gasteiger partial charge on any atom is 0.211 e. The number of fused-ring (bicyclic) bond motifs is 10. The Labute approximate surface area is 318 Å². The lowest BCUT2D eigenvalue weighted by Gasteiger charge is -2.15. The maximum atomic E-state index is 10.7. The molecule has 0 bridgehead atoms. The highest BCUT2D eigenvalue weighted by Gasteiger charge is 2.23. The molecule has 0 fully saturated rings. The van der Waals surface area contributed by atoms with Gasteiger partial charge in [0.2, 0.25) is 5.69 Å². The lowest BCUT2D eigenvalue weighted by Crippen LogP contribution is -2.01. The first-order chi connectivity index (χ1) is 27.2. The fourth-order valence-electron chi connectivity index (χ4n) is 8.04. The Hall–Kier alpha value is -7.58. The van der Waals surface area contributed by atoms with Gasteiger partial charge in [0.15, 0.2) is 5.82 Å². The molecular weight excluding hydrogens is 695 g/mol. The van der Waals surface area contributed by atoms with Crippen LogP contribution in [0.4, 0.5) is 5.69 Å². The van der Waals surface area contributed by atoms with E-state index in [-0.39, 0.29) is 0 Å². The van der Waals surface area contributed by atoms with Crippen molar-refractivity contribution in [2.75, 3.05) is 0 Å². The molecule has 254 valence electrons. The number of nitrogens with zero attached hydrogens (tertiary/aromatic N) is 5. The van der Waals surface area contributed by atoms with Crippen molar-refractivity contribution in [3.8, 4) is 45.7 Å².